The molecule has 2 bridgehead atoms. The van der Waals surface area contributed by atoms with Gasteiger partial charge in [0.15, 0.2) is 17.2 Å². The first-order valence-corrected chi connectivity index (χ1v) is 12.9. The molecule has 3 saturated heterocycles. The van der Waals surface area contributed by atoms with E-state index in [4.69, 9.17) is 28.8 Å². The number of allylic oxidation sites excluding steroid dienone is 2. The molecular weight excluding hydrogens is 468 g/mol. The normalized spacial score (nSPS) is 22.5. The van der Waals surface area contributed by atoms with Crippen LogP contribution < -0.4 is 4.90 Å². The summed E-state index contributed by atoms with van der Waals surface area (Å²) < 4.78 is 17.7. The maximum absolute atomic E-state index is 6.32. The number of furan rings is 1. The number of nitrogens with zero attached hydrogens (tertiary/aromatic N) is 5. The molecule has 0 radical (unpaired) electrons. The number of aromatic nitrogens is 4. The Hall–Kier alpha value is -3.53. The highest BCUT2D eigenvalue weighted by Gasteiger charge is 2.38. The van der Waals surface area contributed by atoms with Crippen molar-refractivity contribution in [2.45, 2.75) is 32.0 Å². The first kappa shape index (κ1) is 22.7. The van der Waals surface area contributed by atoms with Gasteiger partial charge in [-0.05, 0) is 31.0 Å². The minimum absolute atomic E-state index is 0.370. The Bertz CT molecular complexity index is 1520. The fourth-order valence-corrected chi connectivity index (χ4v) is 5.81. The zero-order valence-corrected chi connectivity index (χ0v) is 20.9. The minimum atomic E-state index is 0.370. The molecule has 3 aliphatic heterocycles. The van der Waals surface area contributed by atoms with E-state index in [1.54, 1.807) is 6.08 Å². The molecule has 0 aromatic carbocycles. The summed E-state index contributed by atoms with van der Waals surface area (Å²) in [6.07, 6.45) is 9.10. The molecule has 3 aliphatic rings. The van der Waals surface area contributed by atoms with Crippen molar-refractivity contribution >= 4 is 33.6 Å². The molecule has 7 rings (SSSR count). The van der Waals surface area contributed by atoms with Crippen LogP contribution in [0.5, 0.6) is 0 Å². The molecule has 190 valence electrons. The molecule has 3 fully saturated rings. The van der Waals surface area contributed by atoms with E-state index in [1.807, 2.05) is 31.5 Å². The number of fused-ring (bicyclic) bond motifs is 5. The summed E-state index contributed by atoms with van der Waals surface area (Å²) in [5, 5.41) is 0.912. The highest BCUT2D eigenvalue weighted by Crippen LogP contribution is 2.36. The van der Waals surface area contributed by atoms with Gasteiger partial charge in [-0.3, -0.25) is 4.90 Å². The van der Waals surface area contributed by atoms with Crippen molar-refractivity contribution in [2.24, 2.45) is 0 Å². The zero-order chi connectivity index (χ0) is 24.9. The molecule has 1 N–H and O–H groups in total. The molecular formula is C28H30N6O3. The largest absolute Gasteiger partial charge is 0.432 e. The van der Waals surface area contributed by atoms with E-state index in [2.05, 4.69) is 27.4 Å². The van der Waals surface area contributed by atoms with E-state index >= 15 is 0 Å². The average Bonchev–Trinajstić information content (AvgIpc) is 3.72. The van der Waals surface area contributed by atoms with Gasteiger partial charge in [-0.2, -0.15) is 0 Å². The van der Waals surface area contributed by atoms with E-state index in [0.717, 1.165) is 78.3 Å². The van der Waals surface area contributed by atoms with Crippen molar-refractivity contribution < 1.29 is 13.9 Å². The Morgan fingerprint density at radius 2 is 2.16 bits per heavy atom. The number of ether oxygens (including phenoxy) is 2. The fourth-order valence-electron chi connectivity index (χ4n) is 5.81. The van der Waals surface area contributed by atoms with Crippen LogP contribution in [0.3, 0.4) is 0 Å². The summed E-state index contributed by atoms with van der Waals surface area (Å²) >= 11 is 0. The van der Waals surface area contributed by atoms with Crippen LogP contribution in [0.2, 0.25) is 0 Å². The quantitative estimate of drug-likeness (QED) is 0.401. The van der Waals surface area contributed by atoms with Crippen molar-refractivity contribution in [3.63, 3.8) is 0 Å². The van der Waals surface area contributed by atoms with Gasteiger partial charge in [-0.1, -0.05) is 18.7 Å². The van der Waals surface area contributed by atoms with E-state index in [9.17, 15) is 0 Å². The number of aromatic amines is 1. The predicted molar refractivity (Wildman–Crippen MR) is 141 cm³/mol. The van der Waals surface area contributed by atoms with E-state index in [0.29, 0.717) is 42.5 Å². The second-order valence-corrected chi connectivity index (χ2v) is 10.1. The number of anilines is 1. The van der Waals surface area contributed by atoms with Crippen molar-refractivity contribution in [1.82, 2.24) is 24.8 Å². The number of hydrogen-bond donors (Lipinski definition) is 1. The van der Waals surface area contributed by atoms with Gasteiger partial charge in [0.25, 0.3) is 0 Å². The topological polar surface area (TPSA) is 92.5 Å². The van der Waals surface area contributed by atoms with Gasteiger partial charge in [-0.15, -0.1) is 0 Å². The second kappa shape index (κ2) is 9.09. The average molecular weight is 499 g/mol. The van der Waals surface area contributed by atoms with Gasteiger partial charge < -0.3 is 23.8 Å². The SMILES string of the molecule is C=C/C=C(/c1nc(N2CCOCC2)c2oc3ncc(CN4CC5CC4CO5)cc3c2n1)c1cc[nH]c1C. The molecule has 2 atom stereocenters. The Morgan fingerprint density at radius 1 is 1.27 bits per heavy atom. The summed E-state index contributed by atoms with van der Waals surface area (Å²) in [7, 11) is 0. The summed E-state index contributed by atoms with van der Waals surface area (Å²) in [6.45, 7) is 11.4. The molecule has 4 aromatic rings. The maximum Gasteiger partial charge on any atom is 0.229 e. The van der Waals surface area contributed by atoms with E-state index in [-0.39, 0.29) is 0 Å². The molecule has 0 amide bonds. The summed E-state index contributed by atoms with van der Waals surface area (Å²) in [5.74, 6) is 1.42. The highest BCUT2D eigenvalue weighted by atomic mass is 16.5. The Kier molecular flexibility index (Phi) is 5.57. The number of likely N-dealkylation sites (tertiary alicyclic amines) is 1. The Balaban J connectivity index is 1.38. The van der Waals surface area contributed by atoms with Gasteiger partial charge in [0.1, 0.15) is 5.52 Å². The Morgan fingerprint density at radius 3 is 2.89 bits per heavy atom. The van der Waals surface area contributed by atoms with E-state index in [1.165, 1.54) is 0 Å². The number of rotatable bonds is 6. The number of pyridine rings is 1. The van der Waals surface area contributed by atoms with Crippen LogP contribution in [0.25, 0.3) is 27.8 Å². The van der Waals surface area contributed by atoms with Crippen molar-refractivity contribution in [2.75, 3.05) is 44.4 Å². The number of H-pyrrole nitrogens is 1. The van der Waals surface area contributed by atoms with Crippen LogP contribution in [-0.2, 0) is 16.0 Å². The number of nitrogens with one attached hydrogen (secondary N) is 1. The monoisotopic (exact) mass is 498 g/mol. The number of morpholine rings is 2. The molecule has 0 aliphatic carbocycles. The lowest BCUT2D eigenvalue weighted by Crippen LogP contribution is -2.37. The standard InChI is InChI=1S/C28H30N6O3/c1-3-4-22(21-5-6-29-17(21)2)26-31-24-23-11-18(14-34-15-20-12-19(34)16-36-20)13-30-28(23)37-25(24)27(32-26)33-7-9-35-10-8-33/h3-6,11,13,19-20,29H,1,7-10,12,14-16H2,2H3/b22-4+. The van der Waals surface area contributed by atoms with E-state index < -0.39 is 0 Å². The van der Waals surface area contributed by atoms with Gasteiger partial charge in [0, 0.05) is 61.4 Å². The number of hydrogen-bond acceptors (Lipinski definition) is 8. The molecule has 0 spiro atoms. The van der Waals surface area contributed by atoms with Gasteiger partial charge in [0.2, 0.25) is 5.71 Å². The molecule has 9 nitrogen and oxygen atoms in total. The minimum Gasteiger partial charge on any atom is -0.432 e. The van der Waals surface area contributed by atoms with Crippen LogP contribution in [0.15, 0.2) is 47.7 Å². The molecule has 37 heavy (non-hydrogen) atoms. The fraction of sp³-hybridized carbons (Fsp3) is 0.393. The molecule has 4 aromatic heterocycles. The van der Waals surface area contributed by atoms with Gasteiger partial charge >= 0.3 is 0 Å². The predicted octanol–water partition coefficient (Wildman–Crippen LogP) is 3.83. The molecule has 7 heterocycles. The van der Waals surface area contributed by atoms with Crippen molar-refractivity contribution in [3.8, 4) is 0 Å². The maximum atomic E-state index is 6.32. The zero-order valence-electron chi connectivity index (χ0n) is 20.9. The highest BCUT2D eigenvalue weighted by molar-refractivity contribution is 6.05. The Labute approximate surface area is 214 Å². The third-order valence-electron chi connectivity index (χ3n) is 7.69. The lowest BCUT2D eigenvalue weighted by atomic mass is 10.1. The van der Waals surface area contributed by atoms with Crippen LogP contribution in [-0.4, -0.2) is 76.4 Å². The van der Waals surface area contributed by atoms with Crippen LogP contribution in [0.1, 0.15) is 29.1 Å². The molecule has 9 heteroatoms. The first-order chi connectivity index (χ1) is 18.2. The van der Waals surface area contributed by atoms with Gasteiger partial charge in [-0.25, -0.2) is 15.0 Å². The van der Waals surface area contributed by atoms with Crippen molar-refractivity contribution in [1.29, 1.82) is 0 Å². The number of aryl methyl sites for hydroxylation is 1. The lowest BCUT2D eigenvalue weighted by molar-refractivity contribution is 0.0273. The third-order valence-corrected chi connectivity index (χ3v) is 7.69. The smallest absolute Gasteiger partial charge is 0.229 e. The summed E-state index contributed by atoms with van der Waals surface area (Å²) in [5.41, 5.74) is 6.20. The van der Waals surface area contributed by atoms with Crippen LogP contribution in [0.4, 0.5) is 5.82 Å². The summed E-state index contributed by atoms with van der Waals surface area (Å²) in [4.78, 5) is 22.8. The van der Waals surface area contributed by atoms with Crippen LogP contribution in [0, 0.1) is 6.92 Å². The molecule has 2 unspecified atom stereocenters. The second-order valence-electron chi connectivity index (χ2n) is 10.1. The lowest BCUT2D eigenvalue weighted by Gasteiger charge is -2.28. The van der Waals surface area contributed by atoms with Crippen LogP contribution >= 0.6 is 0 Å². The third kappa shape index (κ3) is 3.94. The molecule has 0 saturated carbocycles. The van der Waals surface area contributed by atoms with Gasteiger partial charge in [0.05, 0.1) is 31.3 Å². The summed E-state index contributed by atoms with van der Waals surface area (Å²) in [6, 6.07) is 4.73. The van der Waals surface area contributed by atoms with Crippen molar-refractivity contribution in [3.05, 3.63) is 65.9 Å². The first-order valence-electron chi connectivity index (χ1n) is 12.9.